The Bertz CT molecular complexity index is 1520. The zero-order valence-corrected chi connectivity index (χ0v) is 21.7. The molecule has 1 unspecified atom stereocenters. The molecule has 3 heterocycles. The predicted molar refractivity (Wildman–Crippen MR) is 134 cm³/mol. The molecule has 11 heteroatoms. The second-order valence-corrected chi connectivity index (χ2v) is 11.8. The molecule has 1 atom stereocenters. The fourth-order valence-corrected chi connectivity index (χ4v) is 6.40. The third-order valence-electron chi connectivity index (χ3n) is 6.10. The van der Waals surface area contributed by atoms with Crippen molar-refractivity contribution in [2.45, 2.75) is 43.7 Å². The van der Waals surface area contributed by atoms with E-state index in [2.05, 4.69) is 30.6 Å². The molecule has 1 aliphatic heterocycles. The van der Waals surface area contributed by atoms with Gasteiger partial charge in [-0.05, 0) is 62.2 Å². The van der Waals surface area contributed by atoms with Gasteiger partial charge < -0.3 is 9.30 Å². The number of halogens is 1. The average molecular weight is 561 g/mol. The summed E-state index contributed by atoms with van der Waals surface area (Å²) in [4.78, 5) is 14.2. The first-order chi connectivity index (χ1) is 16.7. The molecule has 0 saturated carbocycles. The summed E-state index contributed by atoms with van der Waals surface area (Å²) in [6, 6.07) is 12.6. The summed E-state index contributed by atoms with van der Waals surface area (Å²) in [6.07, 6.45) is 2.75. The first kappa shape index (κ1) is 23.8. The summed E-state index contributed by atoms with van der Waals surface area (Å²) in [7, 11) is -3.62. The van der Waals surface area contributed by atoms with Crippen LogP contribution in [0.15, 0.2) is 67.3 Å². The van der Waals surface area contributed by atoms with Crippen LogP contribution < -0.4 is 10.5 Å². The minimum atomic E-state index is -3.62. The van der Waals surface area contributed by atoms with Crippen LogP contribution in [-0.2, 0) is 16.6 Å². The van der Waals surface area contributed by atoms with Crippen molar-refractivity contribution in [2.75, 3.05) is 13.1 Å². The predicted octanol–water partition coefficient (Wildman–Crippen LogP) is 4.09. The number of rotatable bonds is 7. The summed E-state index contributed by atoms with van der Waals surface area (Å²) in [5.41, 5.74) is 2.02. The topological polar surface area (TPSA) is 110 Å². The van der Waals surface area contributed by atoms with E-state index >= 15 is 0 Å². The number of benzene rings is 2. The van der Waals surface area contributed by atoms with E-state index in [1.807, 2.05) is 42.8 Å². The molecule has 0 spiro atoms. The van der Waals surface area contributed by atoms with Crippen molar-refractivity contribution in [1.82, 2.24) is 19.0 Å². The molecule has 4 aromatic rings. The number of H-pyrrole nitrogens is 1. The van der Waals surface area contributed by atoms with Crippen LogP contribution in [0, 0.1) is 0 Å². The molecular formula is C24H25BrN4O5S. The van der Waals surface area contributed by atoms with E-state index in [4.69, 9.17) is 4.74 Å². The first-order valence-electron chi connectivity index (χ1n) is 11.3. The molecule has 5 rings (SSSR count). The lowest BCUT2D eigenvalue weighted by Crippen LogP contribution is -2.28. The van der Waals surface area contributed by atoms with Crippen molar-refractivity contribution in [3.05, 3.63) is 75.1 Å². The second-order valence-electron chi connectivity index (χ2n) is 8.90. The number of hydrogen-bond donors (Lipinski definition) is 1. The highest BCUT2D eigenvalue weighted by Crippen LogP contribution is 2.37. The van der Waals surface area contributed by atoms with Gasteiger partial charge in [0.1, 0.15) is 5.75 Å². The van der Waals surface area contributed by atoms with E-state index in [9.17, 15) is 13.2 Å². The summed E-state index contributed by atoms with van der Waals surface area (Å²) in [5.74, 6) is 0.498. The minimum Gasteiger partial charge on any atom is -0.491 e. The number of hydrogen-bond acceptors (Lipinski definition) is 6. The quantitative estimate of drug-likeness (QED) is 0.364. The molecule has 184 valence electrons. The van der Waals surface area contributed by atoms with E-state index in [-0.39, 0.29) is 16.9 Å². The number of fused-ring (bicyclic) bond motifs is 1. The van der Waals surface area contributed by atoms with Crippen LogP contribution in [0.25, 0.3) is 10.9 Å². The SMILES string of the molecule is CC(C)Oc1ccc(S(=O)(=O)N2CCC(c3cn(Cc4noc(=O)[nH]4)c4cc(Br)ccc34)C2)cc1. The Morgan fingerprint density at radius 2 is 2.00 bits per heavy atom. The lowest BCUT2D eigenvalue weighted by Gasteiger charge is -2.17. The van der Waals surface area contributed by atoms with Gasteiger partial charge in [0.2, 0.25) is 10.0 Å². The molecule has 0 amide bonds. The van der Waals surface area contributed by atoms with Crippen LogP contribution in [0.1, 0.15) is 37.6 Å². The van der Waals surface area contributed by atoms with Gasteiger partial charge in [0.05, 0.1) is 17.5 Å². The van der Waals surface area contributed by atoms with Gasteiger partial charge in [-0.2, -0.15) is 4.31 Å². The van der Waals surface area contributed by atoms with E-state index in [1.165, 1.54) is 0 Å². The van der Waals surface area contributed by atoms with E-state index in [1.54, 1.807) is 28.6 Å². The number of ether oxygens (including phenoxy) is 1. The molecule has 1 fully saturated rings. The average Bonchev–Trinajstić information content (AvgIpc) is 3.53. The van der Waals surface area contributed by atoms with Gasteiger partial charge in [0.25, 0.3) is 0 Å². The van der Waals surface area contributed by atoms with Crippen molar-refractivity contribution in [2.24, 2.45) is 0 Å². The van der Waals surface area contributed by atoms with E-state index in [0.29, 0.717) is 37.6 Å². The maximum absolute atomic E-state index is 13.3. The Morgan fingerprint density at radius 3 is 2.69 bits per heavy atom. The number of aromatic nitrogens is 3. The van der Waals surface area contributed by atoms with Crippen LogP contribution in [0.3, 0.4) is 0 Å². The van der Waals surface area contributed by atoms with Crippen LogP contribution in [-0.4, -0.2) is 46.6 Å². The summed E-state index contributed by atoms with van der Waals surface area (Å²) >= 11 is 3.53. The van der Waals surface area contributed by atoms with E-state index < -0.39 is 15.8 Å². The number of nitrogens with zero attached hydrogens (tertiary/aromatic N) is 3. The van der Waals surface area contributed by atoms with Gasteiger partial charge in [0.15, 0.2) is 5.82 Å². The van der Waals surface area contributed by atoms with Gasteiger partial charge >= 0.3 is 5.76 Å². The molecule has 9 nitrogen and oxygen atoms in total. The highest BCUT2D eigenvalue weighted by atomic mass is 79.9. The Morgan fingerprint density at radius 1 is 1.23 bits per heavy atom. The van der Waals surface area contributed by atoms with Crippen molar-refractivity contribution in [1.29, 1.82) is 0 Å². The van der Waals surface area contributed by atoms with Gasteiger partial charge in [-0.3, -0.25) is 9.51 Å². The molecule has 1 aliphatic rings. The fraction of sp³-hybridized carbons (Fsp3) is 0.333. The molecular weight excluding hydrogens is 536 g/mol. The largest absolute Gasteiger partial charge is 0.491 e. The van der Waals surface area contributed by atoms with Crippen LogP contribution in [0.4, 0.5) is 0 Å². The summed E-state index contributed by atoms with van der Waals surface area (Å²) in [5, 5.41) is 4.82. The standard InChI is InChI=1S/C24H25BrN4O5S/c1-15(2)33-18-4-6-19(7-5-18)35(31,32)29-10-9-16(12-29)21-13-28(14-23-26-24(30)34-27-23)22-11-17(25)3-8-20(21)22/h3-8,11,13,15-16H,9-10,12,14H2,1-2H3,(H,26,27,30). The molecule has 1 saturated heterocycles. The van der Waals surface area contributed by atoms with Crippen molar-refractivity contribution < 1.29 is 17.7 Å². The lowest BCUT2D eigenvalue weighted by atomic mass is 9.98. The van der Waals surface area contributed by atoms with Crippen LogP contribution in [0.2, 0.25) is 0 Å². The van der Waals surface area contributed by atoms with Gasteiger partial charge in [0, 0.05) is 40.6 Å². The molecule has 2 aromatic carbocycles. The zero-order valence-electron chi connectivity index (χ0n) is 19.3. The summed E-state index contributed by atoms with van der Waals surface area (Å²) in [6.45, 7) is 5.02. The molecule has 1 N–H and O–H groups in total. The third kappa shape index (κ3) is 4.80. The van der Waals surface area contributed by atoms with Crippen molar-refractivity contribution in [3.8, 4) is 5.75 Å². The Kier molecular flexibility index (Phi) is 6.32. The molecule has 0 radical (unpaired) electrons. The van der Waals surface area contributed by atoms with E-state index in [0.717, 1.165) is 20.9 Å². The third-order valence-corrected chi connectivity index (χ3v) is 8.48. The number of aromatic amines is 1. The van der Waals surface area contributed by atoms with Gasteiger partial charge in [-0.25, -0.2) is 13.2 Å². The molecule has 2 aromatic heterocycles. The summed E-state index contributed by atoms with van der Waals surface area (Å²) < 4.78 is 41.4. The monoisotopic (exact) mass is 560 g/mol. The number of nitrogens with one attached hydrogen (secondary N) is 1. The van der Waals surface area contributed by atoms with Crippen LogP contribution in [0.5, 0.6) is 5.75 Å². The minimum absolute atomic E-state index is 0.0177. The van der Waals surface area contributed by atoms with Crippen molar-refractivity contribution in [3.63, 3.8) is 0 Å². The van der Waals surface area contributed by atoms with Crippen molar-refractivity contribution >= 4 is 36.9 Å². The normalized spacial score (nSPS) is 17.0. The Balaban J connectivity index is 1.41. The Hall–Kier alpha value is -2.89. The van der Waals surface area contributed by atoms with Gasteiger partial charge in [-0.15, -0.1) is 0 Å². The highest BCUT2D eigenvalue weighted by molar-refractivity contribution is 9.10. The number of sulfonamides is 1. The first-order valence-corrected chi connectivity index (χ1v) is 13.5. The van der Waals surface area contributed by atoms with Crippen LogP contribution >= 0.6 is 15.9 Å². The maximum Gasteiger partial charge on any atom is 0.438 e. The molecule has 35 heavy (non-hydrogen) atoms. The second kappa shape index (κ2) is 9.29. The smallest absolute Gasteiger partial charge is 0.438 e. The Labute approximate surface area is 210 Å². The lowest BCUT2D eigenvalue weighted by molar-refractivity contribution is 0.242. The highest BCUT2D eigenvalue weighted by Gasteiger charge is 2.34. The zero-order chi connectivity index (χ0) is 24.7. The molecule has 0 aliphatic carbocycles. The maximum atomic E-state index is 13.3. The molecule has 0 bridgehead atoms. The fourth-order valence-electron chi connectivity index (χ4n) is 4.55. The van der Waals surface area contributed by atoms with Gasteiger partial charge in [-0.1, -0.05) is 27.2 Å².